The van der Waals surface area contributed by atoms with E-state index in [9.17, 15) is 0 Å². The molecule has 0 unspecified atom stereocenters. The van der Waals surface area contributed by atoms with Crippen LogP contribution < -0.4 is 5.73 Å². The molecule has 2 N–H and O–H groups in total. The summed E-state index contributed by atoms with van der Waals surface area (Å²) in [5.74, 6) is 0.869. The van der Waals surface area contributed by atoms with Crippen molar-refractivity contribution in [3.8, 4) is 0 Å². The number of rotatable bonds is 4. The van der Waals surface area contributed by atoms with E-state index in [0.717, 1.165) is 12.5 Å². The third kappa shape index (κ3) is 5.50. The Hall–Kier alpha value is -0.120. The summed E-state index contributed by atoms with van der Waals surface area (Å²) in [5.41, 5.74) is 5.94. The fraction of sp³-hybridized carbons (Fsp3) is 1.00. The van der Waals surface area contributed by atoms with Gasteiger partial charge in [0.15, 0.2) is 0 Å². The zero-order valence-electron chi connectivity index (χ0n) is 10.8. The van der Waals surface area contributed by atoms with E-state index >= 15 is 0 Å². The number of likely N-dealkylation sites (tertiary alicyclic amines) is 1. The Morgan fingerprint density at radius 3 is 2.33 bits per heavy atom. The summed E-state index contributed by atoms with van der Waals surface area (Å²) in [6.07, 6.45) is 2.68. The first-order valence-corrected chi connectivity index (χ1v) is 6.03. The van der Waals surface area contributed by atoms with Crippen molar-refractivity contribution in [1.29, 1.82) is 0 Å². The number of hydrogen-bond acceptors (Lipinski definition) is 3. The van der Waals surface area contributed by atoms with Gasteiger partial charge in [-0.25, -0.2) is 0 Å². The molecule has 1 aliphatic heterocycles. The van der Waals surface area contributed by atoms with Crippen molar-refractivity contribution in [3.63, 3.8) is 0 Å². The molecule has 90 valence electrons. The lowest BCUT2D eigenvalue weighted by Gasteiger charge is -2.33. The zero-order valence-corrected chi connectivity index (χ0v) is 10.8. The van der Waals surface area contributed by atoms with Crippen molar-refractivity contribution in [2.45, 2.75) is 32.2 Å². The topological polar surface area (TPSA) is 32.5 Å². The lowest BCUT2D eigenvalue weighted by atomic mass is 9.96. The van der Waals surface area contributed by atoms with Crippen molar-refractivity contribution >= 4 is 0 Å². The molecule has 0 aromatic rings. The van der Waals surface area contributed by atoms with Crippen LogP contribution in [0.25, 0.3) is 0 Å². The highest BCUT2D eigenvalue weighted by molar-refractivity contribution is 4.78. The number of likely N-dealkylation sites (N-methyl/N-ethyl adjacent to an activating group) is 1. The second kappa shape index (κ2) is 5.28. The average molecular weight is 213 g/mol. The van der Waals surface area contributed by atoms with Gasteiger partial charge in [-0.2, -0.15) is 0 Å². The predicted octanol–water partition coefficient (Wildman–Crippen LogP) is 0.997. The van der Waals surface area contributed by atoms with Crippen LogP contribution in [0.4, 0.5) is 0 Å². The van der Waals surface area contributed by atoms with E-state index in [1.165, 1.54) is 32.5 Å². The molecule has 0 aromatic carbocycles. The average Bonchev–Trinajstić information content (AvgIpc) is 2.05. The van der Waals surface area contributed by atoms with Crippen LogP contribution in [0, 0.1) is 5.92 Å². The van der Waals surface area contributed by atoms with E-state index in [1.807, 2.05) is 0 Å². The molecular formula is C12H27N3. The van der Waals surface area contributed by atoms with Crippen molar-refractivity contribution in [2.24, 2.45) is 11.7 Å². The second-order valence-electron chi connectivity index (χ2n) is 5.93. The van der Waals surface area contributed by atoms with Crippen molar-refractivity contribution in [3.05, 3.63) is 0 Å². The van der Waals surface area contributed by atoms with E-state index in [0.29, 0.717) is 0 Å². The summed E-state index contributed by atoms with van der Waals surface area (Å²) in [4.78, 5) is 4.80. The van der Waals surface area contributed by atoms with Crippen LogP contribution in [-0.4, -0.2) is 55.6 Å². The van der Waals surface area contributed by atoms with E-state index in [4.69, 9.17) is 5.73 Å². The molecule has 15 heavy (non-hydrogen) atoms. The van der Waals surface area contributed by atoms with Gasteiger partial charge >= 0.3 is 0 Å². The number of piperidine rings is 1. The first-order chi connectivity index (χ1) is 6.87. The summed E-state index contributed by atoms with van der Waals surface area (Å²) in [6.45, 7) is 8.89. The molecule has 0 aliphatic carbocycles. The van der Waals surface area contributed by atoms with Crippen LogP contribution in [0.2, 0.25) is 0 Å². The SMILES string of the molecule is CN1CCC(CN(C)CC(C)(C)N)CC1. The molecule has 0 radical (unpaired) electrons. The number of nitrogens with zero attached hydrogens (tertiary/aromatic N) is 2. The molecule has 1 fully saturated rings. The zero-order chi connectivity index (χ0) is 11.5. The Labute approximate surface area is 94.6 Å². The molecule has 0 atom stereocenters. The van der Waals surface area contributed by atoms with Gasteiger partial charge in [-0.05, 0) is 59.8 Å². The Morgan fingerprint density at radius 1 is 1.33 bits per heavy atom. The van der Waals surface area contributed by atoms with Crippen molar-refractivity contribution in [1.82, 2.24) is 9.80 Å². The minimum atomic E-state index is -0.0692. The van der Waals surface area contributed by atoms with Crippen molar-refractivity contribution in [2.75, 3.05) is 40.3 Å². The van der Waals surface area contributed by atoms with Gasteiger partial charge in [-0.15, -0.1) is 0 Å². The summed E-state index contributed by atoms with van der Waals surface area (Å²) in [5, 5.41) is 0. The Balaban J connectivity index is 2.23. The first kappa shape index (κ1) is 12.9. The maximum atomic E-state index is 6.01. The highest BCUT2D eigenvalue weighted by Gasteiger charge is 2.20. The normalized spacial score (nSPS) is 21.2. The highest BCUT2D eigenvalue weighted by Crippen LogP contribution is 2.17. The summed E-state index contributed by atoms with van der Waals surface area (Å²) < 4.78 is 0. The molecule has 3 nitrogen and oxygen atoms in total. The molecule has 1 saturated heterocycles. The van der Waals surface area contributed by atoms with Gasteiger partial charge in [0.2, 0.25) is 0 Å². The van der Waals surface area contributed by atoms with E-state index in [1.54, 1.807) is 0 Å². The molecule has 1 rings (SSSR count). The van der Waals surface area contributed by atoms with Crippen LogP contribution >= 0.6 is 0 Å². The van der Waals surface area contributed by atoms with Gasteiger partial charge in [-0.3, -0.25) is 0 Å². The molecule has 0 aromatic heterocycles. The monoisotopic (exact) mass is 213 g/mol. The molecule has 0 amide bonds. The Bertz CT molecular complexity index is 178. The van der Waals surface area contributed by atoms with Gasteiger partial charge < -0.3 is 15.5 Å². The maximum absolute atomic E-state index is 6.01. The molecule has 3 heteroatoms. The van der Waals surface area contributed by atoms with Crippen LogP contribution in [0.5, 0.6) is 0 Å². The van der Waals surface area contributed by atoms with E-state index in [2.05, 4.69) is 37.7 Å². The molecule has 1 aliphatic rings. The number of hydrogen-bond donors (Lipinski definition) is 1. The number of nitrogens with two attached hydrogens (primary N) is 1. The fourth-order valence-corrected chi connectivity index (χ4v) is 2.45. The van der Waals surface area contributed by atoms with E-state index in [-0.39, 0.29) is 5.54 Å². The molecule has 1 heterocycles. The summed E-state index contributed by atoms with van der Waals surface area (Å²) in [6, 6.07) is 0. The molecule has 0 spiro atoms. The minimum Gasteiger partial charge on any atom is -0.324 e. The molecule has 0 saturated carbocycles. The standard InChI is InChI=1S/C12H27N3/c1-12(2,13)10-15(4)9-11-5-7-14(3)8-6-11/h11H,5-10,13H2,1-4H3. The highest BCUT2D eigenvalue weighted by atomic mass is 15.1. The van der Waals surface area contributed by atoms with Crippen LogP contribution in [0.3, 0.4) is 0 Å². The van der Waals surface area contributed by atoms with Crippen molar-refractivity contribution < 1.29 is 0 Å². The Kier molecular flexibility index (Phi) is 4.56. The largest absolute Gasteiger partial charge is 0.324 e. The van der Waals surface area contributed by atoms with Gasteiger partial charge in [0.25, 0.3) is 0 Å². The summed E-state index contributed by atoms with van der Waals surface area (Å²) in [7, 11) is 4.40. The maximum Gasteiger partial charge on any atom is 0.0225 e. The van der Waals surface area contributed by atoms with Crippen LogP contribution in [0.1, 0.15) is 26.7 Å². The predicted molar refractivity (Wildman–Crippen MR) is 66.0 cm³/mol. The summed E-state index contributed by atoms with van der Waals surface area (Å²) >= 11 is 0. The van der Waals surface area contributed by atoms with Gasteiger partial charge in [0, 0.05) is 18.6 Å². The third-order valence-corrected chi connectivity index (χ3v) is 3.09. The van der Waals surface area contributed by atoms with Crippen LogP contribution in [-0.2, 0) is 0 Å². The third-order valence-electron chi connectivity index (χ3n) is 3.09. The quantitative estimate of drug-likeness (QED) is 0.756. The van der Waals surface area contributed by atoms with Gasteiger partial charge in [-0.1, -0.05) is 0 Å². The van der Waals surface area contributed by atoms with E-state index < -0.39 is 0 Å². The second-order valence-corrected chi connectivity index (χ2v) is 5.93. The first-order valence-electron chi connectivity index (χ1n) is 6.03. The fourth-order valence-electron chi connectivity index (χ4n) is 2.45. The lowest BCUT2D eigenvalue weighted by molar-refractivity contribution is 0.164. The molecular weight excluding hydrogens is 186 g/mol. The van der Waals surface area contributed by atoms with Crippen LogP contribution in [0.15, 0.2) is 0 Å². The lowest BCUT2D eigenvalue weighted by Crippen LogP contribution is -2.46. The minimum absolute atomic E-state index is 0.0692. The smallest absolute Gasteiger partial charge is 0.0225 e. The Morgan fingerprint density at radius 2 is 1.87 bits per heavy atom. The molecule has 0 bridgehead atoms. The van der Waals surface area contributed by atoms with Gasteiger partial charge in [0.1, 0.15) is 0 Å². The van der Waals surface area contributed by atoms with Gasteiger partial charge in [0.05, 0.1) is 0 Å².